The number of aryl methyl sites for hydroxylation is 1. The number of nitrogens with zero attached hydrogens (tertiary/aromatic N) is 2. The molecule has 3 atom stereocenters. The molecule has 1 N–H and O–H groups in total. The third-order valence-electron chi connectivity index (χ3n) is 5.61. The maximum atomic E-state index is 12.7. The largest absolute Gasteiger partial charge is 0.393 e. The predicted molar refractivity (Wildman–Crippen MR) is 92.2 cm³/mol. The first-order chi connectivity index (χ1) is 11.7. The molecule has 0 bridgehead atoms. The highest BCUT2D eigenvalue weighted by atomic mass is 16.3. The molecule has 1 saturated heterocycles. The molecular formula is C20H26N2O2. The first-order valence-corrected chi connectivity index (χ1v) is 9.15. The van der Waals surface area contributed by atoms with E-state index in [1.807, 2.05) is 17.0 Å². The van der Waals surface area contributed by atoms with Crippen molar-refractivity contribution in [2.24, 2.45) is 5.92 Å². The van der Waals surface area contributed by atoms with Gasteiger partial charge in [-0.05, 0) is 49.8 Å². The second-order valence-electron chi connectivity index (χ2n) is 7.12. The van der Waals surface area contributed by atoms with E-state index in [-0.39, 0.29) is 24.0 Å². The van der Waals surface area contributed by atoms with Crippen molar-refractivity contribution in [3.05, 3.63) is 35.4 Å². The summed E-state index contributed by atoms with van der Waals surface area (Å²) in [6.07, 6.45) is 7.27. The molecule has 0 aromatic heterocycles. The maximum Gasteiger partial charge on any atom is 0.223 e. The fraction of sp³-hybridized carbons (Fsp3) is 0.600. The van der Waals surface area contributed by atoms with E-state index in [1.165, 1.54) is 6.42 Å². The van der Waals surface area contributed by atoms with Crippen molar-refractivity contribution in [1.82, 2.24) is 4.90 Å². The molecule has 1 aromatic carbocycles. The third kappa shape index (κ3) is 3.79. The molecule has 1 aromatic rings. The summed E-state index contributed by atoms with van der Waals surface area (Å²) in [7, 11) is 0. The van der Waals surface area contributed by atoms with E-state index in [1.54, 1.807) is 12.1 Å². The number of carbonyl (C=O) groups is 1. The number of carbonyl (C=O) groups excluding carboxylic acids is 1. The fourth-order valence-corrected chi connectivity index (χ4v) is 4.28. The fourth-order valence-electron chi connectivity index (χ4n) is 4.28. The molecule has 0 radical (unpaired) electrons. The molecule has 1 aliphatic heterocycles. The summed E-state index contributed by atoms with van der Waals surface area (Å²) < 4.78 is 0. The number of aliphatic hydroxyl groups is 1. The molecule has 0 unspecified atom stereocenters. The Labute approximate surface area is 144 Å². The number of nitriles is 1. The van der Waals surface area contributed by atoms with Crippen molar-refractivity contribution in [2.45, 2.75) is 63.5 Å². The molecule has 128 valence electrons. The average molecular weight is 326 g/mol. The van der Waals surface area contributed by atoms with Gasteiger partial charge in [-0.1, -0.05) is 25.0 Å². The highest BCUT2D eigenvalue weighted by Crippen LogP contribution is 2.35. The van der Waals surface area contributed by atoms with Gasteiger partial charge in [0, 0.05) is 24.9 Å². The molecular weight excluding hydrogens is 300 g/mol. The lowest BCUT2D eigenvalue weighted by Crippen LogP contribution is -2.45. The van der Waals surface area contributed by atoms with Gasteiger partial charge in [-0.25, -0.2) is 0 Å². The van der Waals surface area contributed by atoms with Gasteiger partial charge in [0.1, 0.15) is 0 Å². The topological polar surface area (TPSA) is 64.3 Å². The molecule has 2 fully saturated rings. The van der Waals surface area contributed by atoms with E-state index in [2.05, 4.69) is 6.07 Å². The Hall–Kier alpha value is -1.86. The normalized spacial score (nSPS) is 27.0. The number of hydrogen-bond donors (Lipinski definition) is 1. The molecule has 1 heterocycles. The summed E-state index contributed by atoms with van der Waals surface area (Å²) >= 11 is 0. The standard InChI is InChI=1S/C20H26N2O2/c21-14-16-9-7-15(8-10-16)11-12-20(24)22-13-3-5-18(22)17-4-1-2-6-19(17)23/h7-10,17-19,23H,1-6,11-13H2/t17-,18+,19-/m0/s1. The molecule has 4 nitrogen and oxygen atoms in total. The number of likely N-dealkylation sites (tertiary alicyclic amines) is 1. The molecule has 3 rings (SSSR count). The predicted octanol–water partition coefficient (Wildman–Crippen LogP) is 3.03. The van der Waals surface area contributed by atoms with Crippen molar-refractivity contribution in [2.75, 3.05) is 6.54 Å². The summed E-state index contributed by atoms with van der Waals surface area (Å²) in [5.74, 6) is 0.472. The minimum atomic E-state index is -0.240. The van der Waals surface area contributed by atoms with Crippen LogP contribution < -0.4 is 0 Å². The lowest BCUT2D eigenvalue weighted by Gasteiger charge is -2.37. The number of aliphatic hydroxyl groups excluding tert-OH is 1. The van der Waals surface area contributed by atoms with Crippen molar-refractivity contribution in [1.29, 1.82) is 5.26 Å². The molecule has 1 saturated carbocycles. The van der Waals surface area contributed by atoms with Gasteiger partial charge in [0.05, 0.1) is 17.7 Å². The maximum absolute atomic E-state index is 12.7. The van der Waals surface area contributed by atoms with Gasteiger partial charge in [0.25, 0.3) is 0 Å². The molecule has 4 heteroatoms. The molecule has 1 aliphatic carbocycles. The molecule has 24 heavy (non-hydrogen) atoms. The first kappa shape index (κ1) is 17.0. The van der Waals surface area contributed by atoms with Crippen LogP contribution in [0.5, 0.6) is 0 Å². The van der Waals surface area contributed by atoms with Crippen LogP contribution in [-0.2, 0) is 11.2 Å². The molecule has 0 spiro atoms. The SMILES string of the molecule is N#Cc1ccc(CCC(=O)N2CCC[C@@H]2[C@@H]2CCCC[C@@H]2O)cc1. The first-order valence-electron chi connectivity index (χ1n) is 9.15. The van der Waals surface area contributed by atoms with E-state index >= 15 is 0 Å². The van der Waals surface area contributed by atoms with Gasteiger partial charge in [-0.3, -0.25) is 4.79 Å². The zero-order chi connectivity index (χ0) is 16.9. The Morgan fingerprint density at radius 1 is 1.17 bits per heavy atom. The van der Waals surface area contributed by atoms with Crippen LogP contribution in [0.15, 0.2) is 24.3 Å². The van der Waals surface area contributed by atoms with Crippen LogP contribution in [0.4, 0.5) is 0 Å². The smallest absolute Gasteiger partial charge is 0.223 e. The highest BCUT2D eigenvalue weighted by Gasteiger charge is 2.38. The van der Waals surface area contributed by atoms with Gasteiger partial charge in [-0.15, -0.1) is 0 Å². The van der Waals surface area contributed by atoms with Crippen LogP contribution in [0, 0.1) is 17.2 Å². The van der Waals surface area contributed by atoms with E-state index in [9.17, 15) is 9.90 Å². The number of rotatable bonds is 4. The molecule has 1 amide bonds. The summed E-state index contributed by atoms with van der Waals surface area (Å²) in [6.45, 7) is 0.833. The Morgan fingerprint density at radius 3 is 2.62 bits per heavy atom. The van der Waals surface area contributed by atoms with E-state index in [0.29, 0.717) is 18.4 Å². The van der Waals surface area contributed by atoms with Gasteiger partial charge in [0.15, 0.2) is 0 Å². The zero-order valence-corrected chi connectivity index (χ0v) is 14.2. The van der Waals surface area contributed by atoms with Crippen LogP contribution in [-0.4, -0.2) is 34.6 Å². The Balaban J connectivity index is 1.58. The third-order valence-corrected chi connectivity index (χ3v) is 5.61. The molecule has 2 aliphatic rings. The van der Waals surface area contributed by atoms with E-state index in [0.717, 1.165) is 44.2 Å². The number of hydrogen-bond acceptors (Lipinski definition) is 3. The summed E-state index contributed by atoms with van der Waals surface area (Å²) in [6, 6.07) is 9.80. The number of benzene rings is 1. The highest BCUT2D eigenvalue weighted by molar-refractivity contribution is 5.77. The lowest BCUT2D eigenvalue weighted by molar-refractivity contribution is -0.134. The van der Waals surface area contributed by atoms with E-state index < -0.39 is 0 Å². The Morgan fingerprint density at radius 2 is 1.92 bits per heavy atom. The second-order valence-corrected chi connectivity index (χ2v) is 7.12. The van der Waals surface area contributed by atoms with Crippen LogP contribution in [0.3, 0.4) is 0 Å². The summed E-state index contributed by atoms with van der Waals surface area (Å²) in [5, 5.41) is 19.2. The zero-order valence-electron chi connectivity index (χ0n) is 14.2. The van der Waals surface area contributed by atoms with Gasteiger partial charge >= 0.3 is 0 Å². The quantitative estimate of drug-likeness (QED) is 0.925. The van der Waals surface area contributed by atoms with Gasteiger partial charge in [-0.2, -0.15) is 5.26 Å². The number of amides is 1. The van der Waals surface area contributed by atoms with Crippen molar-refractivity contribution in [3.8, 4) is 6.07 Å². The van der Waals surface area contributed by atoms with Crippen molar-refractivity contribution in [3.63, 3.8) is 0 Å². The minimum absolute atomic E-state index is 0.208. The minimum Gasteiger partial charge on any atom is -0.393 e. The average Bonchev–Trinajstić information content (AvgIpc) is 3.10. The van der Waals surface area contributed by atoms with E-state index in [4.69, 9.17) is 5.26 Å². The van der Waals surface area contributed by atoms with Crippen LogP contribution >= 0.6 is 0 Å². The van der Waals surface area contributed by atoms with Crippen LogP contribution in [0.1, 0.15) is 56.1 Å². The Kier molecular flexibility index (Phi) is 5.52. The van der Waals surface area contributed by atoms with Gasteiger partial charge in [0.2, 0.25) is 5.91 Å². The summed E-state index contributed by atoms with van der Waals surface area (Å²) in [4.78, 5) is 14.7. The van der Waals surface area contributed by atoms with Gasteiger partial charge < -0.3 is 10.0 Å². The Bertz CT molecular complexity index is 605. The van der Waals surface area contributed by atoms with Crippen molar-refractivity contribution >= 4 is 5.91 Å². The monoisotopic (exact) mass is 326 g/mol. The van der Waals surface area contributed by atoms with Crippen LogP contribution in [0.25, 0.3) is 0 Å². The lowest BCUT2D eigenvalue weighted by atomic mass is 9.80. The second kappa shape index (κ2) is 7.81. The van der Waals surface area contributed by atoms with Crippen LogP contribution in [0.2, 0.25) is 0 Å². The summed E-state index contributed by atoms with van der Waals surface area (Å²) in [5.41, 5.74) is 1.74. The van der Waals surface area contributed by atoms with Crippen molar-refractivity contribution < 1.29 is 9.90 Å².